The molecule has 0 amide bonds. The smallest absolute Gasteiger partial charge is 0.152 e. The van der Waals surface area contributed by atoms with E-state index in [2.05, 4.69) is 12.2 Å². The minimum atomic E-state index is -0.335. The number of unbranched alkanes of at least 4 members (excludes halogenated alkanes) is 5. The fraction of sp³-hybridized carbons (Fsp3) is 0.929. The number of carbonyl (C=O) groups excluding carboxylic acids is 1. The van der Waals surface area contributed by atoms with Gasteiger partial charge in [0, 0.05) is 6.42 Å². The third-order valence-electron chi connectivity index (χ3n) is 3.07. The largest absolute Gasteiger partial charge is 0.306 e. The third-order valence-corrected chi connectivity index (χ3v) is 3.07. The number of carbonyl (C=O) groups is 1. The molecule has 0 aromatic rings. The van der Waals surface area contributed by atoms with Crippen LogP contribution in [0.15, 0.2) is 0 Å². The van der Waals surface area contributed by atoms with Crippen molar-refractivity contribution in [3.63, 3.8) is 0 Å². The van der Waals surface area contributed by atoms with Crippen molar-refractivity contribution in [2.45, 2.75) is 78.2 Å². The Morgan fingerprint density at radius 1 is 1.00 bits per heavy atom. The van der Waals surface area contributed by atoms with Crippen molar-refractivity contribution in [1.29, 1.82) is 0 Å². The van der Waals surface area contributed by atoms with Gasteiger partial charge in [0.1, 0.15) is 0 Å². The fourth-order valence-electron chi connectivity index (χ4n) is 1.92. The summed E-state index contributed by atoms with van der Waals surface area (Å²) in [5.41, 5.74) is -0.335. The van der Waals surface area contributed by atoms with Crippen molar-refractivity contribution < 1.29 is 4.79 Å². The lowest BCUT2D eigenvalue weighted by molar-refractivity contribution is -0.124. The van der Waals surface area contributed by atoms with Crippen molar-refractivity contribution in [2.75, 3.05) is 6.54 Å². The third kappa shape index (κ3) is 7.00. The zero-order chi connectivity index (χ0) is 12.4. The molecule has 16 heavy (non-hydrogen) atoms. The topological polar surface area (TPSA) is 29.1 Å². The molecule has 0 aromatic heterocycles. The van der Waals surface area contributed by atoms with Gasteiger partial charge >= 0.3 is 0 Å². The average Bonchev–Trinajstić information content (AvgIpc) is 2.22. The number of hydrogen-bond donors (Lipinski definition) is 1. The Bertz CT molecular complexity index is 187. The molecule has 0 spiro atoms. The quantitative estimate of drug-likeness (QED) is 0.577. The Morgan fingerprint density at radius 2 is 1.56 bits per heavy atom. The van der Waals surface area contributed by atoms with Gasteiger partial charge in [-0.05, 0) is 26.8 Å². The minimum absolute atomic E-state index is 0.335. The summed E-state index contributed by atoms with van der Waals surface area (Å²) < 4.78 is 0. The van der Waals surface area contributed by atoms with Gasteiger partial charge in [-0.15, -0.1) is 0 Å². The monoisotopic (exact) mass is 227 g/mol. The van der Waals surface area contributed by atoms with Gasteiger partial charge in [-0.1, -0.05) is 46.0 Å². The summed E-state index contributed by atoms with van der Waals surface area (Å²) in [7, 11) is 0. The highest BCUT2D eigenvalue weighted by molar-refractivity contribution is 5.87. The van der Waals surface area contributed by atoms with Crippen LogP contribution in [-0.2, 0) is 4.79 Å². The van der Waals surface area contributed by atoms with Crippen LogP contribution in [0.1, 0.15) is 72.6 Å². The second-order valence-corrected chi connectivity index (χ2v) is 5.10. The number of hydrogen-bond acceptors (Lipinski definition) is 2. The molecule has 0 aromatic carbocycles. The molecule has 0 aliphatic rings. The average molecular weight is 227 g/mol. The molecule has 0 heterocycles. The zero-order valence-electron chi connectivity index (χ0n) is 11.6. The lowest BCUT2D eigenvalue weighted by atomic mass is 9.94. The lowest BCUT2D eigenvalue weighted by Crippen LogP contribution is -2.46. The predicted molar refractivity (Wildman–Crippen MR) is 70.8 cm³/mol. The molecule has 0 aliphatic heterocycles. The molecule has 2 heteroatoms. The zero-order valence-corrected chi connectivity index (χ0v) is 11.6. The first kappa shape index (κ1) is 15.6. The van der Waals surface area contributed by atoms with E-state index in [4.69, 9.17) is 0 Å². The Morgan fingerprint density at radius 3 is 2.12 bits per heavy atom. The van der Waals surface area contributed by atoms with Crippen molar-refractivity contribution >= 4 is 5.78 Å². The number of nitrogens with one attached hydrogen (secondary N) is 1. The molecule has 0 saturated carbocycles. The number of Topliss-reactive ketones (excluding diaryl/α,β-unsaturated/α-hetero) is 1. The van der Waals surface area contributed by atoms with E-state index in [9.17, 15) is 4.79 Å². The molecular formula is C14H29NO. The molecular weight excluding hydrogens is 198 g/mol. The maximum atomic E-state index is 11.9. The normalized spacial score (nSPS) is 11.8. The number of ketones is 1. The van der Waals surface area contributed by atoms with Gasteiger partial charge in [0.15, 0.2) is 5.78 Å². The van der Waals surface area contributed by atoms with Gasteiger partial charge in [-0.25, -0.2) is 0 Å². The van der Waals surface area contributed by atoms with Gasteiger partial charge in [-0.3, -0.25) is 4.79 Å². The Kier molecular flexibility index (Phi) is 8.54. The summed E-state index contributed by atoms with van der Waals surface area (Å²) >= 11 is 0. The van der Waals surface area contributed by atoms with E-state index in [1.54, 1.807) is 0 Å². The standard InChI is InChI=1S/C14H29NO/c1-5-7-8-9-10-11-12-13(16)14(3,4)15-6-2/h15H,5-12H2,1-4H3. The van der Waals surface area contributed by atoms with Crippen molar-refractivity contribution in [3.05, 3.63) is 0 Å². The molecule has 0 rings (SSSR count). The van der Waals surface area contributed by atoms with Crippen LogP contribution in [0.5, 0.6) is 0 Å². The van der Waals surface area contributed by atoms with Crippen LogP contribution in [0.2, 0.25) is 0 Å². The van der Waals surface area contributed by atoms with Crippen molar-refractivity contribution in [3.8, 4) is 0 Å². The SMILES string of the molecule is CCCCCCCCC(=O)C(C)(C)NCC. The summed E-state index contributed by atoms with van der Waals surface area (Å²) in [4.78, 5) is 11.9. The molecule has 0 radical (unpaired) electrons. The summed E-state index contributed by atoms with van der Waals surface area (Å²) in [5, 5.41) is 3.23. The van der Waals surface area contributed by atoms with E-state index >= 15 is 0 Å². The van der Waals surface area contributed by atoms with Gasteiger partial charge in [0.05, 0.1) is 5.54 Å². The maximum absolute atomic E-state index is 11.9. The summed E-state index contributed by atoms with van der Waals surface area (Å²) in [6.07, 6.45) is 8.20. The van der Waals surface area contributed by atoms with Crippen LogP contribution >= 0.6 is 0 Å². The van der Waals surface area contributed by atoms with Gasteiger partial charge in [0.25, 0.3) is 0 Å². The van der Waals surface area contributed by atoms with E-state index in [1.165, 1.54) is 32.1 Å². The van der Waals surface area contributed by atoms with E-state index in [0.29, 0.717) is 5.78 Å². The van der Waals surface area contributed by atoms with Crippen molar-refractivity contribution in [2.24, 2.45) is 0 Å². The highest BCUT2D eigenvalue weighted by Crippen LogP contribution is 2.12. The fourth-order valence-corrected chi connectivity index (χ4v) is 1.92. The second kappa shape index (κ2) is 8.74. The van der Waals surface area contributed by atoms with Crippen LogP contribution in [0.3, 0.4) is 0 Å². The highest BCUT2D eigenvalue weighted by atomic mass is 16.1. The summed E-state index contributed by atoms with van der Waals surface area (Å²) in [5.74, 6) is 0.352. The first-order chi connectivity index (χ1) is 7.54. The minimum Gasteiger partial charge on any atom is -0.306 e. The summed E-state index contributed by atoms with van der Waals surface area (Å²) in [6, 6.07) is 0. The Balaban J connectivity index is 3.57. The molecule has 0 aliphatic carbocycles. The molecule has 96 valence electrons. The van der Waals surface area contributed by atoms with E-state index in [1.807, 2.05) is 20.8 Å². The van der Waals surface area contributed by atoms with Crippen LogP contribution in [0.25, 0.3) is 0 Å². The van der Waals surface area contributed by atoms with Gasteiger partial charge in [-0.2, -0.15) is 0 Å². The Labute approximate surface area is 101 Å². The van der Waals surface area contributed by atoms with Gasteiger partial charge in [0.2, 0.25) is 0 Å². The number of likely N-dealkylation sites (N-methyl/N-ethyl adjacent to an activating group) is 1. The molecule has 0 fully saturated rings. The van der Waals surface area contributed by atoms with E-state index < -0.39 is 0 Å². The first-order valence-corrected chi connectivity index (χ1v) is 6.83. The molecule has 0 unspecified atom stereocenters. The maximum Gasteiger partial charge on any atom is 0.152 e. The summed E-state index contributed by atoms with van der Waals surface area (Å²) in [6.45, 7) is 9.09. The van der Waals surface area contributed by atoms with Crippen LogP contribution in [-0.4, -0.2) is 17.9 Å². The molecule has 0 atom stereocenters. The molecule has 0 bridgehead atoms. The predicted octanol–water partition coefficient (Wildman–Crippen LogP) is 3.69. The molecule has 0 saturated heterocycles. The van der Waals surface area contributed by atoms with Crippen LogP contribution in [0.4, 0.5) is 0 Å². The second-order valence-electron chi connectivity index (χ2n) is 5.10. The first-order valence-electron chi connectivity index (χ1n) is 6.83. The molecule has 2 nitrogen and oxygen atoms in total. The van der Waals surface area contributed by atoms with E-state index in [-0.39, 0.29) is 5.54 Å². The van der Waals surface area contributed by atoms with Gasteiger partial charge < -0.3 is 5.32 Å². The molecule has 1 N–H and O–H groups in total. The number of rotatable bonds is 10. The highest BCUT2D eigenvalue weighted by Gasteiger charge is 2.24. The lowest BCUT2D eigenvalue weighted by Gasteiger charge is -2.23. The van der Waals surface area contributed by atoms with E-state index in [0.717, 1.165) is 19.4 Å². The van der Waals surface area contributed by atoms with Crippen LogP contribution in [0, 0.1) is 0 Å². The van der Waals surface area contributed by atoms with Crippen LogP contribution < -0.4 is 5.32 Å². The Hall–Kier alpha value is -0.370. The van der Waals surface area contributed by atoms with Crippen molar-refractivity contribution in [1.82, 2.24) is 5.32 Å².